The summed E-state index contributed by atoms with van der Waals surface area (Å²) in [5.41, 5.74) is 0.642. The molecule has 0 amide bonds. The Balaban J connectivity index is 2.52. The maximum atomic E-state index is 2.46. The van der Waals surface area contributed by atoms with Gasteiger partial charge < -0.3 is 0 Å². The van der Waals surface area contributed by atoms with E-state index in [0.29, 0.717) is 5.41 Å². The van der Waals surface area contributed by atoms with Gasteiger partial charge in [0.05, 0.1) is 0 Å². The van der Waals surface area contributed by atoms with E-state index in [1.54, 1.807) is 0 Å². The van der Waals surface area contributed by atoms with Crippen LogP contribution in [0.1, 0.15) is 40.0 Å². The third kappa shape index (κ3) is 2.40. The topological polar surface area (TPSA) is 0 Å². The van der Waals surface area contributed by atoms with Crippen LogP contribution in [0.4, 0.5) is 0 Å². The van der Waals surface area contributed by atoms with Gasteiger partial charge in [0, 0.05) is 0 Å². The normalized spacial score (nSPS) is 33.8. The van der Waals surface area contributed by atoms with Crippen LogP contribution in [0.25, 0.3) is 0 Å². The number of hydrogen-bond acceptors (Lipinski definition) is 1. The summed E-state index contributed by atoms with van der Waals surface area (Å²) in [6.07, 6.45) is 4.30. The van der Waals surface area contributed by atoms with Crippen LogP contribution in [0.2, 0.25) is 0 Å². The van der Waals surface area contributed by atoms with Crippen molar-refractivity contribution in [3.8, 4) is 0 Å². The fourth-order valence-corrected chi connectivity index (χ4v) is 2.85. The molecule has 1 atom stereocenters. The van der Waals surface area contributed by atoms with Crippen molar-refractivity contribution in [2.45, 2.75) is 40.0 Å². The fourth-order valence-electron chi connectivity index (χ4n) is 1.69. The second-order valence-corrected chi connectivity index (χ2v) is 5.50. The number of rotatable bonds is 1. The van der Waals surface area contributed by atoms with Gasteiger partial charge in [-0.15, -0.1) is 0 Å². The minimum Gasteiger partial charge on any atom is -0.162 e. The molecule has 0 nitrogen and oxygen atoms in total. The van der Waals surface area contributed by atoms with Gasteiger partial charge in [0.25, 0.3) is 0 Å². The highest BCUT2D eigenvalue weighted by atomic mass is 32.2. The van der Waals surface area contributed by atoms with Crippen LogP contribution in [0.15, 0.2) is 0 Å². The largest absolute Gasteiger partial charge is 0.162 e. The third-order valence-electron chi connectivity index (χ3n) is 3.25. The molecule has 1 aliphatic heterocycles. The Labute approximate surface area is 75.1 Å². The average molecular weight is 172 g/mol. The first-order valence-electron chi connectivity index (χ1n) is 4.73. The van der Waals surface area contributed by atoms with Crippen LogP contribution in [0.5, 0.6) is 0 Å². The Bertz CT molecular complexity index is 110. The van der Waals surface area contributed by atoms with Crippen LogP contribution in [0, 0.1) is 11.3 Å². The van der Waals surface area contributed by atoms with E-state index in [2.05, 4.69) is 32.5 Å². The molecule has 0 radical (unpaired) electrons. The molecule has 0 aromatic heterocycles. The van der Waals surface area contributed by atoms with E-state index in [-0.39, 0.29) is 0 Å². The van der Waals surface area contributed by atoms with E-state index in [1.165, 1.54) is 30.8 Å². The van der Waals surface area contributed by atoms with Gasteiger partial charge in [0.1, 0.15) is 0 Å². The van der Waals surface area contributed by atoms with E-state index >= 15 is 0 Å². The quantitative estimate of drug-likeness (QED) is 0.583. The molecule has 0 N–H and O–H groups in total. The first kappa shape index (κ1) is 9.44. The summed E-state index contributed by atoms with van der Waals surface area (Å²) < 4.78 is 0. The minimum absolute atomic E-state index is 0.642. The molecule has 0 spiro atoms. The van der Waals surface area contributed by atoms with Crippen molar-refractivity contribution in [3.63, 3.8) is 0 Å². The monoisotopic (exact) mass is 172 g/mol. The summed E-state index contributed by atoms with van der Waals surface area (Å²) in [5.74, 6) is 3.64. The summed E-state index contributed by atoms with van der Waals surface area (Å²) in [6, 6.07) is 0. The number of thioether (sulfide) groups is 1. The maximum absolute atomic E-state index is 2.46. The Hall–Kier alpha value is 0.350. The first-order valence-corrected chi connectivity index (χ1v) is 5.88. The van der Waals surface area contributed by atoms with E-state index in [0.717, 1.165) is 5.92 Å². The zero-order chi connectivity index (χ0) is 8.32. The highest BCUT2D eigenvalue weighted by Crippen LogP contribution is 2.39. The Morgan fingerprint density at radius 1 is 1.18 bits per heavy atom. The van der Waals surface area contributed by atoms with Crippen LogP contribution >= 0.6 is 11.8 Å². The molecular weight excluding hydrogens is 152 g/mol. The molecule has 1 heterocycles. The van der Waals surface area contributed by atoms with Crippen molar-refractivity contribution in [2.75, 3.05) is 11.5 Å². The van der Waals surface area contributed by atoms with Gasteiger partial charge in [0.2, 0.25) is 0 Å². The van der Waals surface area contributed by atoms with Crippen LogP contribution in [-0.4, -0.2) is 11.5 Å². The molecule has 11 heavy (non-hydrogen) atoms. The van der Waals surface area contributed by atoms with Gasteiger partial charge in [0.15, 0.2) is 0 Å². The van der Waals surface area contributed by atoms with Gasteiger partial charge >= 0.3 is 0 Å². The summed E-state index contributed by atoms with van der Waals surface area (Å²) in [7, 11) is 0. The molecule has 1 rings (SSSR count). The lowest BCUT2D eigenvalue weighted by Gasteiger charge is -2.32. The van der Waals surface area contributed by atoms with Crippen molar-refractivity contribution in [2.24, 2.45) is 11.3 Å². The summed E-state index contributed by atoms with van der Waals surface area (Å²) in [6.45, 7) is 7.20. The Kier molecular flexibility index (Phi) is 3.29. The van der Waals surface area contributed by atoms with Gasteiger partial charge in [-0.05, 0) is 42.1 Å². The van der Waals surface area contributed by atoms with Gasteiger partial charge in [-0.3, -0.25) is 0 Å². The van der Waals surface area contributed by atoms with Crippen LogP contribution in [-0.2, 0) is 0 Å². The first-order chi connectivity index (χ1) is 5.15. The van der Waals surface area contributed by atoms with E-state index in [1.807, 2.05) is 0 Å². The van der Waals surface area contributed by atoms with E-state index in [9.17, 15) is 0 Å². The molecule has 66 valence electrons. The molecule has 0 aromatic rings. The summed E-state index contributed by atoms with van der Waals surface area (Å²) in [4.78, 5) is 0. The lowest BCUT2D eigenvalue weighted by molar-refractivity contribution is 0.194. The molecule has 0 saturated carbocycles. The van der Waals surface area contributed by atoms with Crippen molar-refractivity contribution in [1.29, 1.82) is 0 Å². The maximum Gasteiger partial charge on any atom is -0.00623 e. The van der Waals surface area contributed by atoms with Gasteiger partial charge in [-0.1, -0.05) is 20.8 Å². The SMILES string of the molecule is CC(C)C1(C)CCCSCC1. The van der Waals surface area contributed by atoms with Crippen molar-refractivity contribution in [1.82, 2.24) is 0 Å². The van der Waals surface area contributed by atoms with Gasteiger partial charge in [-0.25, -0.2) is 0 Å². The highest BCUT2D eigenvalue weighted by molar-refractivity contribution is 7.99. The van der Waals surface area contributed by atoms with E-state index < -0.39 is 0 Å². The minimum atomic E-state index is 0.642. The van der Waals surface area contributed by atoms with Crippen molar-refractivity contribution in [3.05, 3.63) is 0 Å². The molecule has 1 saturated heterocycles. The Morgan fingerprint density at radius 3 is 2.55 bits per heavy atom. The molecule has 1 fully saturated rings. The zero-order valence-corrected chi connectivity index (χ0v) is 8.84. The molecule has 0 bridgehead atoms. The zero-order valence-electron chi connectivity index (χ0n) is 8.02. The standard InChI is InChI=1S/C10H20S/c1-9(2)10(3)5-4-7-11-8-6-10/h9H,4-8H2,1-3H3. The average Bonchev–Trinajstić information content (AvgIpc) is 2.15. The fraction of sp³-hybridized carbons (Fsp3) is 1.00. The smallest absolute Gasteiger partial charge is 0.00623 e. The Morgan fingerprint density at radius 2 is 1.91 bits per heavy atom. The number of hydrogen-bond donors (Lipinski definition) is 0. The highest BCUT2D eigenvalue weighted by Gasteiger charge is 2.28. The van der Waals surface area contributed by atoms with E-state index in [4.69, 9.17) is 0 Å². The molecule has 0 aromatic carbocycles. The molecule has 0 aliphatic carbocycles. The third-order valence-corrected chi connectivity index (χ3v) is 4.32. The van der Waals surface area contributed by atoms with Crippen LogP contribution in [0.3, 0.4) is 0 Å². The predicted octanol–water partition coefficient (Wildman–Crippen LogP) is 3.57. The van der Waals surface area contributed by atoms with Crippen LogP contribution < -0.4 is 0 Å². The van der Waals surface area contributed by atoms with Gasteiger partial charge in [-0.2, -0.15) is 11.8 Å². The lowest BCUT2D eigenvalue weighted by Crippen LogP contribution is -2.23. The second-order valence-electron chi connectivity index (χ2n) is 4.27. The summed E-state index contributed by atoms with van der Waals surface area (Å²) >= 11 is 2.14. The lowest BCUT2D eigenvalue weighted by atomic mass is 9.74. The molecule has 1 unspecified atom stereocenters. The predicted molar refractivity (Wildman–Crippen MR) is 54.1 cm³/mol. The molecular formula is C10H20S. The molecule has 1 aliphatic rings. The summed E-state index contributed by atoms with van der Waals surface area (Å²) in [5, 5.41) is 0. The van der Waals surface area contributed by atoms with Crippen molar-refractivity contribution < 1.29 is 0 Å². The molecule has 1 heteroatoms. The van der Waals surface area contributed by atoms with Crippen molar-refractivity contribution >= 4 is 11.8 Å². The second kappa shape index (κ2) is 3.84.